The van der Waals surface area contributed by atoms with Gasteiger partial charge in [-0.05, 0) is 36.8 Å². The number of carbonyl (C=O) groups is 1. The molecular weight excluding hydrogens is 430 g/mol. The van der Waals surface area contributed by atoms with Gasteiger partial charge in [0.25, 0.3) is 0 Å². The summed E-state index contributed by atoms with van der Waals surface area (Å²) < 4.78 is 16.5. The van der Waals surface area contributed by atoms with E-state index in [0.717, 1.165) is 15.4 Å². The van der Waals surface area contributed by atoms with Crippen molar-refractivity contribution in [2.75, 3.05) is 13.2 Å². The Morgan fingerprint density at radius 2 is 1.89 bits per heavy atom. The predicted molar refractivity (Wildman–Crippen MR) is 106 cm³/mol. The zero-order valence-electron chi connectivity index (χ0n) is 14.8. The van der Waals surface area contributed by atoms with Crippen molar-refractivity contribution in [3.8, 4) is 5.75 Å². The number of rotatable bonds is 6. The largest absolute Gasteiger partial charge is 0.482 e. The molecule has 1 N–H and O–H groups in total. The fourth-order valence-electron chi connectivity index (χ4n) is 2.54. The summed E-state index contributed by atoms with van der Waals surface area (Å²) in [4.78, 5) is 23.4. The van der Waals surface area contributed by atoms with Crippen molar-refractivity contribution < 1.29 is 23.9 Å². The molecule has 0 aliphatic rings. The SMILES string of the molecule is Cc1cc(=O)oc2cc(OCC(=O)OC/C(=N/O)c3ccc(Br)cc3)ccc12. The molecule has 0 aliphatic heterocycles. The molecule has 0 bridgehead atoms. The van der Waals surface area contributed by atoms with Crippen LogP contribution in [-0.2, 0) is 9.53 Å². The third-order valence-corrected chi connectivity index (χ3v) is 4.48. The molecule has 3 rings (SSSR count). The molecule has 144 valence electrons. The maximum Gasteiger partial charge on any atom is 0.344 e. The van der Waals surface area contributed by atoms with E-state index in [4.69, 9.17) is 19.1 Å². The Hall–Kier alpha value is -3.13. The number of nitrogens with zero attached hydrogens (tertiary/aromatic N) is 1. The number of benzene rings is 2. The van der Waals surface area contributed by atoms with E-state index in [9.17, 15) is 9.59 Å². The van der Waals surface area contributed by atoms with Gasteiger partial charge in [-0.25, -0.2) is 9.59 Å². The van der Waals surface area contributed by atoms with E-state index in [0.29, 0.717) is 16.9 Å². The summed E-state index contributed by atoms with van der Waals surface area (Å²) >= 11 is 3.32. The van der Waals surface area contributed by atoms with Crippen molar-refractivity contribution in [1.82, 2.24) is 0 Å². The van der Waals surface area contributed by atoms with Gasteiger partial charge < -0.3 is 19.1 Å². The number of aryl methyl sites for hydroxylation is 1. The lowest BCUT2D eigenvalue weighted by atomic mass is 10.1. The van der Waals surface area contributed by atoms with Gasteiger partial charge in [0.1, 0.15) is 23.7 Å². The highest BCUT2D eigenvalue weighted by Gasteiger charge is 2.11. The first-order valence-corrected chi connectivity index (χ1v) is 9.05. The van der Waals surface area contributed by atoms with Crippen molar-refractivity contribution in [2.24, 2.45) is 5.16 Å². The van der Waals surface area contributed by atoms with E-state index in [1.807, 2.05) is 6.92 Å². The van der Waals surface area contributed by atoms with Crippen LogP contribution in [0, 0.1) is 6.92 Å². The Bertz CT molecular complexity index is 1090. The van der Waals surface area contributed by atoms with Crippen LogP contribution in [0.5, 0.6) is 5.75 Å². The highest BCUT2D eigenvalue weighted by atomic mass is 79.9. The topological polar surface area (TPSA) is 98.3 Å². The second kappa shape index (κ2) is 8.71. The molecular formula is C20H16BrNO6. The second-order valence-electron chi connectivity index (χ2n) is 5.91. The molecule has 0 atom stereocenters. The van der Waals surface area contributed by atoms with Crippen LogP contribution in [0.3, 0.4) is 0 Å². The van der Waals surface area contributed by atoms with Crippen LogP contribution in [0.1, 0.15) is 11.1 Å². The molecule has 0 amide bonds. The molecule has 2 aromatic carbocycles. The number of ether oxygens (including phenoxy) is 2. The van der Waals surface area contributed by atoms with Gasteiger partial charge in [-0.1, -0.05) is 33.2 Å². The first-order valence-electron chi connectivity index (χ1n) is 8.26. The van der Waals surface area contributed by atoms with Gasteiger partial charge in [0.15, 0.2) is 6.61 Å². The minimum Gasteiger partial charge on any atom is -0.482 e. The van der Waals surface area contributed by atoms with Crippen LogP contribution in [-0.4, -0.2) is 30.1 Å². The number of esters is 1. The van der Waals surface area contributed by atoms with E-state index >= 15 is 0 Å². The zero-order chi connectivity index (χ0) is 20.1. The van der Waals surface area contributed by atoms with Gasteiger partial charge in [0.2, 0.25) is 0 Å². The average Bonchev–Trinajstić information content (AvgIpc) is 2.67. The molecule has 7 nitrogen and oxygen atoms in total. The Morgan fingerprint density at radius 3 is 2.61 bits per heavy atom. The number of hydrogen-bond acceptors (Lipinski definition) is 7. The van der Waals surface area contributed by atoms with Gasteiger partial charge in [-0.2, -0.15) is 0 Å². The van der Waals surface area contributed by atoms with Crippen LogP contribution < -0.4 is 10.4 Å². The number of carbonyl (C=O) groups excluding carboxylic acids is 1. The average molecular weight is 446 g/mol. The molecule has 0 saturated heterocycles. The fourth-order valence-corrected chi connectivity index (χ4v) is 2.80. The summed E-state index contributed by atoms with van der Waals surface area (Å²) in [7, 11) is 0. The standard InChI is InChI=1S/C20H16BrNO6/c1-12-8-19(23)28-18-9-15(6-7-16(12)18)26-11-20(24)27-10-17(22-25)13-2-4-14(21)5-3-13/h2-9,25H,10-11H2,1H3/b22-17-. The van der Waals surface area contributed by atoms with E-state index in [1.165, 1.54) is 6.07 Å². The fraction of sp³-hybridized carbons (Fsp3) is 0.150. The molecule has 28 heavy (non-hydrogen) atoms. The molecule has 0 unspecified atom stereocenters. The summed E-state index contributed by atoms with van der Waals surface area (Å²) in [6.07, 6.45) is 0. The van der Waals surface area contributed by atoms with Crippen molar-refractivity contribution in [3.63, 3.8) is 0 Å². The van der Waals surface area contributed by atoms with Crippen LogP contribution >= 0.6 is 15.9 Å². The molecule has 0 spiro atoms. The Labute approximate surface area is 168 Å². The number of hydrogen-bond donors (Lipinski definition) is 1. The third-order valence-electron chi connectivity index (χ3n) is 3.95. The summed E-state index contributed by atoms with van der Waals surface area (Å²) in [6, 6.07) is 13.4. The minimum atomic E-state index is -0.635. The first kappa shape index (κ1) is 19.6. The number of fused-ring (bicyclic) bond motifs is 1. The van der Waals surface area contributed by atoms with Gasteiger partial charge >= 0.3 is 11.6 Å². The molecule has 0 saturated carbocycles. The van der Waals surface area contributed by atoms with Gasteiger partial charge in [-0.15, -0.1) is 0 Å². The quantitative estimate of drug-likeness (QED) is 0.204. The van der Waals surface area contributed by atoms with Gasteiger partial charge in [0, 0.05) is 27.6 Å². The maximum absolute atomic E-state index is 11.9. The van der Waals surface area contributed by atoms with Crippen LogP contribution in [0.15, 0.2) is 67.4 Å². The van der Waals surface area contributed by atoms with Crippen LogP contribution in [0.4, 0.5) is 0 Å². The Kier molecular flexibility index (Phi) is 6.10. The Balaban J connectivity index is 1.59. The maximum atomic E-state index is 11.9. The summed E-state index contributed by atoms with van der Waals surface area (Å²) in [5, 5.41) is 13.1. The van der Waals surface area contributed by atoms with E-state index < -0.39 is 11.6 Å². The monoisotopic (exact) mass is 445 g/mol. The van der Waals surface area contributed by atoms with Gasteiger partial charge in [0.05, 0.1) is 0 Å². The lowest BCUT2D eigenvalue weighted by molar-refractivity contribution is -0.144. The molecule has 0 fully saturated rings. The lowest BCUT2D eigenvalue weighted by Crippen LogP contribution is -2.20. The zero-order valence-corrected chi connectivity index (χ0v) is 16.4. The van der Waals surface area contributed by atoms with Crippen LogP contribution in [0.25, 0.3) is 11.0 Å². The highest BCUT2D eigenvalue weighted by Crippen LogP contribution is 2.22. The smallest absolute Gasteiger partial charge is 0.344 e. The molecule has 8 heteroatoms. The van der Waals surface area contributed by atoms with E-state index in [2.05, 4.69) is 21.1 Å². The summed E-state index contributed by atoms with van der Waals surface area (Å²) in [5.74, 6) is -0.272. The molecule has 0 aliphatic carbocycles. The Morgan fingerprint density at radius 1 is 1.14 bits per heavy atom. The minimum absolute atomic E-state index is 0.202. The first-order chi connectivity index (χ1) is 13.5. The van der Waals surface area contributed by atoms with Crippen molar-refractivity contribution in [2.45, 2.75) is 6.92 Å². The third kappa shape index (κ3) is 4.77. The number of halogens is 1. The normalized spacial score (nSPS) is 11.4. The molecule has 1 aromatic heterocycles. The van der Waals surface area contributed by atoms with Crippen molar-refractivity contribution in [3.05, 3.63) is 74.6 Å². The van der Waals surface area contributed by atoms with Crippen molar-refractivity contribution >= 4 is 38.6 Å². The highest BCUT2D eigenvalue weighted by molar-refractivity contribution is 9.10. The summed E-state index contributed by atoms with van der Waals surface area (Å²) in [5.41, 5.74) is 1.55. The van der Waals surface area contributed by atoms with Gasteiger partial charge in [-0.3, -0.25) is 0 Å². The number of oxime groups is 1. The second-order valence-corrected chi connectivity index (χ2v) is 6.83. The van der Waals surface area contributed by atoms with Crippen LogP contribution in [0.2, 0.25) is 0 Å². The summed E-state index contributed by atoms with van der Waals surface area (Å²) in [6.45, 7) is 1.26. The lowest BCUT2D eigenvalue weighted by Gasteiger charge is -2.09. The molecule has 1 heterocycles. The van der Waals surface area contributed by atoms with Crippen molar-refractivity contribution in [1.29, 1.82) is 0 Å². The molecule has 3 aromatic rings. The predicted octanol–water partition coefficient (Wildman–Crippen LogP) is 3.66. The van der Waals surface area contributed by atoms with E-state index in [-0.39, 0.29) is 18.9 Å². The van der Waals surface area contributed by atoms with E-state index in [1.54, 1.807) is 42.5 Å². The molecule has 0 radical (unpaired) electrons.